The lowest BCUT2D eigenvalue weighted by Gasteiger charge is -2.35. The van der Waals surface area contributed by atoms with Crippen molar-refractivity contribution in [1.29, 1.82) is 0 Å². The van der Waals surface area contributed by atoms with E-state index >= 15 is 0 Å². The third-order valence-electron chi connectivity index (χ3n) is 6.72. The molecular weight excluding hydrogens is 427 g/mol. The van der Waals surface area contributed by atoms with Gasteiger partial charge in [0.15, 0.2) is 0 Å². The molecule has 8 nitrogen and oxygen atoms in total. The fourth-order valence-corrected chi connectivity index (χ4v) is 4.09. The SMILES string of the molecule is CC[C@@H](C)[C@@H](Nc1nnc(-c2ccc(C(F)(F)F)[nH]c2=O)o1)C(=O)N1CCC2(CC1)CC2. The molecule has 1 aliphatic carbocycles. The molecule has 0 radical (unpaired) electrons. The number of H-pyrrole nitrogens is 1. The first-order chi connectivity index (χ1) is 15.1. The van der Waals surface area contributed by atoms with E-state index in [4.69, 9.17) is 4.42 Å². The number of amides is 1. The summed E-state index contributed by atoms with van der Waals surface area (Å²) in [5, 5.41) is 10.6. The van der Waals surface area contributed by atoms with Crippen molar-refractivity contribution < 1.29 is 22.4 Å². The minimum atomic E-state index is -4.67. The molecule has 2 fully saturated rings. The Morgan fingerprint density at radius 2 is 1.94 bits per heavy atom. The summed E-state index contributed by atoms with van der Waals surface area (Å²) in [5.41, 5.74) is -1.89. The average molecular weight is 453 g/mol. The number of rotatable bonds is 6. The molecule has 174 valence electrons. The number of aromatic amines is 1. The molecule has 2 N–H and O–H groups in total. The van der Waals surface area contributed by atoms with Crippen molar-refractivity contribution in [3.05, 3.63) is 28.2 Å². The summed E-state index contributed by atoms with van der Waals surface area (Å²) in [7, 11) is 0. The Balaban J connectivity index is 1.49. The fraction of sp³-hybridized carbons (Fsp3) is 0.619. The van der Waals surface area contributed by atoms with Gasteiger partial charge >= 0.3 is 12.2 Å². The predicted octanol–water partition coefficient (Wildman–Crippen LogP) is 3.67. The number of hydrogen-bond donors (Lipinski definition) is 2. The maximum atomic E-state index is 13.2. The number of pyridine rings is 1. The third-order valence-corrected chi connectivity index (χ3v) is 6.72. The van der Waals surface area contributed by atoms with Crippen LogP contribution in [0.15, 0.2) is 21.3 Å². The summed E-state index contributed by atoms with van der Waals surface area (Å²) in [4.78, 5) is 28.9. The van der Waals surface area contributed by atoms with Crippen molar-refractivity contribution in [2.24, 2.45) is 11.3 Å². The van der Waals surface area contributed by atoms with Crippen LogP contribution in [0.5, 0.6) is 0 Å². The van der Waals surface area contributed by atoms with Crippen molar-refractivity contribution in [1.82, 2.24) is 20.1 Å². The first-order valence-electron chi connectivity index (χ1n) is 10.8. The zero-order chi connectivity index (χ0) is 23.1. The van der Waals surface area contributed by atoms with Crippen LogP contribution >= 0.6 is 0 Å². The van der Waals surface area contributed by atoms with Crippen molar-refractivity contribution >= 4 is 11.9 Å². The van der Waals surface area contributed by atoms with Gasteiger partial charge in [0, 0.05) is 13.1 Å². The van der Waals surface area contributed by atoms with Crippen molar-refractivity contribution in [3.63, 3.8) is 0 Å². The lowest BCUT2D eigenvalue weighted by atomic mass is 9.92. The minimum Gasteiger partial charge on any atom is -0.403 e. The van der Waals surface area contributed by atoms with Crippen LogP contribution in [-0.4, -0.2) is 45.1 Å². The molecule has 11 heteroatoms. The molecule has 0 unspecified atom stereocenters. The van der Waals surface area contributed by atoms with Gasteiger partial charge in [0.05, 0.1) is 0 Å². The van der Waals surface area contributed by atoms with Crippen LogP contribution in [0.1, 0.15) is 51.6 Å². The highest BCUT2D eigenvalue weighted by Crippen LogP contribution is 2.53. The van der Waals surface area contributed by atoms with E-state index in [0.717, 1.165) is 44.5 Å². The molecule has 1 amide bonds. The molecule has 2 aromatic heterocycles. The molecule has 0 bridgehead atoms. The predicted molar refractivity (Wildman–Crippen MR) is 110 cm³/mol. The number of carbonyl (C=O) groups excluding carboxylic acids is 1. The Bertz CT molecular complexity index is 1030. The maximum absolute atomic E-state index is 13.2. The number of carbonyl (C=O) groups is 1. The van der Waals surface area contributed by atoms with Crippen LogP contribution in [-0.2, 0) is 11.0 Å². The van der Waals surface area contributed by atoms with Crippen molar-refractivity contribution in [2.75, 3.05) is 18.4 Å². The van der Waals surface area contributed by atoms with Crippen LogP contribution in [0, 0.1) is 11.3 Å². The highest BCUT2D eigenvalue weighted by Gasteiger charge is 2.46. The number of nitrogens with zero attached hydrogens (tertiary/aromatic N) is 3. The number of nitrogens with one attached hydrogen (secondary N) is 2. The number of hydrogen-bond acceptors (Lipinski definition) is 6. The number of anilines is 1. The summed E-state index contributed by atoms with van der Waals surface area (Å²) in [6, 6.07) is 1.07. The van der Waals surface area contributed by atoms with Gasteiger partial charge in [-0.05, 0) is 49.1 Å². The molecular formula is C21H26F3N5O3. The molecule has 2 aliphatic rings. The van der Waals surface area contributed by atoms with Gasteiger partial charge in [0.25, 0.3) is 11.4 Å². The fourth-order valence-electron chi connectivity index (χ4n) is 4.09. The average Bonchev–Trinajstić information content (AvgIpc) is 3.34. The lowest BCUT2D eigenvalue weighted by Crippen LogP contribution is -2.49. The lowest BCUT2D eigenvalue weighted by molar-refractivity contribution is -0.141. The van der Waals surface area contributed by atoms with Gasteiger partial charge in [-0.25, -0.2) is 0 Å². The summed E-state index contributed by atoms with van der Waals surface area (Å²) >= 11 is 0. The Kier molecular flexibility index (Phi) is 5.76. The zero-order valence-corrected chi connectivity index (χ0v) is 18.0. The normalized spacial score (nSPS) is 19.6. The first kappa shape index (κ1) is 22.3. The van der Waals surface area contributed by atoms with E-state index in [-0.39, 0.29) is 29.3 Å². The van der Waals surface area contributed by atoms with Gasteiger partial charge < -0.3 is 19.6 Å². The number of piperidine rings is 1. The van der Waals surface area contributed by atoms with Crippen LogP contribution in [0.25, 0.3) is 11.5 Å². The van der Waals surface area contributed by atoms with Gasteiger partial charge in [-0.1, -0.05) is 25.4 Å². The van der Waals surface area contributed by atoms with E-state index in [1.165, 1.54) is 12.8 Å². The number of halogens is 3. The largest absolute Gasteiger partial charge is 0.431 e. The Morgan fingerprint density at radius 1 is 1.25 bits per heavy atom. The molecule has 2 atom stereocenters. The molecule has 0 aromatic carbocycles. The number of aromatic nitrogens is 3. The number of likely N-dealkylation sites (tertiary alicyclic amines) is 1. The minimum absolute atomic E-state index is 0.0240. The summed E-state index contributed by atoms with van der Waals surface area (Å²) in [6.45, 7) is 5.37. The van der Waals surface area contributed by atoms with E-state index in [2.05, 4.69) is 15.5 Å². The van der Waals surface area contributed by atoms with Gasteiger partial charge in [0.1, 0.15) is 17.3 Å². The second-order valence-corrected chi connectivity index (χ2v) is 8.86. The summed E-state index contributed by atoms with van der Waals surface area (Å²) in [6.07, 6.45) is 0.601. The maximum Gasteiger partial charge on any atom is 0.431 e. The third kappa shape index (κ3) is 4.51. The van der Waals surface area contributed by atoms with Gasteiger partial charge in [-0.2, -0.15) is 13.2 Å². The van der Waals surface area contributed by atoms with E-state index in [9.17, 15) is 22.8 Å². The molecule has 1 aliphatic heterocycles. The molecule has 3 heterocycles. The second kappa shape index (κ2) is 8.25. The van der Waals surface area contributed by atoms with E-state index in [1.807, 2.05) is 18.7 Å². The zero-order valence-electron chi connectivity index (χ0n) is 18.0. The highest BCUT2D eigenvalue weighted by atomic mass is 19.4. The number of alkyl halides is 3. The molecule has 4 rings (SSSR count). The molecule has 1 saturated carbocycles. The molecule has 2 aromatic rings. The Morgan fingerprint density at radius 3 is 2.50 bits per heavy atom. The quantitative estimate of drug-likeness (QED) is 0.692. The van der Waals surface area contributed by atoms with Crippen LogP contribution in [0.2, 0.25) is 0 Å². The van der Waals surface area contributed by atoms with Gasteiger partial charge in [-0.15, -0.1) is 5.10 Å². The molecule has 1 saturated heterocycles. The van der Waals surface area contributed by atoms with Crippen LogP contribution < -0.4 is 10.9 Å². The highest BCUT2D eigenvalue weighted by molar-refractivity contribution is 5.84. The topological polar surface area (TPSA) is 104 Å². The Hall–Kier alpha value is -2.85. The monoisotopic (exact) mass is 453 g/mol. The van der Waals surface area contributed by atoms with Crippen molar-refractivity contribution in [2.45, 2.75) is 58.2 Å². The molecule has 1 spiro atoms. The van der Waals surface area contributed by atoms with Gasteiger partial charge in [0.2, 0.25) is 5.91 Å². The second-order valence-electron chi connectivity index (χ2n) is 8.86. The standard InChI is InChI=1S/C21H26F3N5O3/c1-3-12(2)15(18(31)29-10-8-20(6-7-20)9-11-29)26-19-28-27-17(32-19)13-4-5-14(21(22,23)24)25-16(13)30/h4-5,12,15H,3,6-11H2,1-2H3,(H,25,30)(H,26,28)/t12-,15-/m1/s1. The van der Waals surface area contributed by atoms with Gasteiger partial charge in [-0.3, -0.25) is 9.59 Å². The summed E-state index contributed by atoms with van der Waals surface area (Å²) in [5.74, 6) is -0.294. The Labute approximate surface area is 182 Å². The van der Waals surface area contributed by atoms with E-state index < -0.39 is 23.5 Å². The van der Waals surface area contributed by atoms with E-state index in [0.29, 0.717) is 5.41 Å². The van der Waals surface area contributed by atoms with Crippen LogP contribution in [0.4, 0.5) is 19.2 Å². The first-order valence-corrected chi connectivity index (χ1v) is 10.8. The van der Waals surface area contributed by atoms with Crippen molar-refractivity contribution in [3.8, 4) is 11.5 Å². The smallest absolute Gasteiger partial charge is 0.403 e. The van der Waals surface area contributed by atoms with E-state index in [1.54, 1.807) is 4.98 Å². The van der Waals surface area contributed by atoms with Crippen LogP contribution in [0.3, 0.4) is 0 Å². The summed E-state index contributed by atoms with van der Waals surface area (Å²) < 4.78 is 43.8. The molecule has 32 heavy (non-hydrogen) atoms.